The lowest BCUT2D eigenvalue weighted by molar-refractivity contribution is -0.145. The lowest BCUT2D eigenvalue weighted by Crippen LogP contribution is -2.43. The van der Waals surface area contributed by atoms with Gasteiger partial charge in [0.25, 0.3) is 0 Å². The number of carbonyl (C=O) groups is 4. The zero-order valence-corrected chi connectivity index (χ0v) is 17.3. The second-order valence-electron chi connectivity index (χ2n) is 6.10. The number of nitrogens with zero attached hydrogens (tertiary/aromatic N) is 3. The fourth-order valence-electron chi connectivity index (χ4n) is 2.27. The van der Waals surface area contributed by atoms with Crippen LogP contribution in [0.4, 0.5) is 5.69 Å². The van der Waals surface area contributed by atoms with Crippen molar-refractivity contribution in [2.24, 2.45) is 4.99 Å². The maximum absolute atomic E-state index is 10.6. The highest BCUT2D eigenvalue weighted by Gasteiger charge is 2.18. The van der Waals surface area contributed by atoms with E-state index in [1.807, 2.05) is 24.3 Å². The smallest absolute Gasteiger partial charge is 0.317 e. The number of isothiocyanates is 1. The summed E-state index contributed by atoms with van der Waals surface area (Å²) >= 11 is 4.44. The van der Waals surface area contributed by atoms with Crippen LogP contribution in [0, 0.1) is 0 Å². The van der Waals surface area contributed by atoms with E-state index in [-0.39, 0.29) is 13.1 Å². The van der Waals surface area contributed by atoms with Crippen LogP contribution >= 0.6 is 12.2 Å². The third-order valence-corrected chi connectivity index (χ3v) is 3.67. The molecule has 1 rings (SSSR count). The summed E-state index contributed by atoms with van der Waals surface area (Å²) in [7, 11) is 0. The molecule has 0 unspecified atom stereocenters. The topological polar surface area (TPSA) is 194 Å². The average molecular weight is 456 g/mol. The quantitative estimate of drug-likeness (QED) is 0.149. The minimum Gasteiger partial charge on any atom is -0.480 e. The monoisotopic (exact) mass is 456 g/mol. The van der Waals surface area contributed by atoms with Crippen molar-refractivity contribution in [2.45, 2.75) is 6.54 Å². The molecule has 12 nitrogen and oxygen atoms in total. The highest BCUT2D eigenvalue weighted by molar-refractivity contribution is 7.78. The molecule has 1 aromatic carbocycles. The fraction of sp³-hybridized carbons (Fsp3) is 0.389. The Morgan fingerprint density at radius 3 is 1.55 bits per heavy atom. The second kappa shape index (κ2) is 15.5. The molecule has 0 aliphatic heterocycles. The first-order chi connectivity index (χ1) is 14.5. The predicted octanol–water partition coefficient (Wildman–Crippen LogP) is -0.200. The second-order valence-corrected chi connectivity index (χ2v) is 6.29. The summed E-state index contributed by atoms with van der Waals surface area (Å²) in [6.45, 7) is -1.73. The number of anilines is 1. The van der Waals surface area contributed by atoms with Crippen molar-refractivity contribution in [3.8, 4) is 0 Å². The normalized spacial score (nSPS) is 10.0. The van der Waals surface area contributed by atoms with E-state index in [9.17, 15) is 19.2 Å². The van der Waals surface area contributed by atoms with Crippen LogP contribution in [-0.4, -0.2) is 98.5 Å². The average Bonchev–Trinajstić information content (AvgIpc) is 2.64. The molecule has 0 heterocycles. The molecular weight excluding hydrogens is 432 g/mol. The summed E-state index contributed by atoms with van der Waals surface area (Å²) in [4.78, 5) is 48.1. The van der Waals surface area contributed by atoms with Gasteiger partial charge in [-0.25, -0.2) is 4.99 Å². The van der Waals surface area contributed by atoms with Crippen molar-refractivity contribution in [3.05, 3.63) is 29.8 Å². The number of thiocarbonyl (C=S) groups is 1. The van der Waals surface area contributed by atoms with E-state index in [1.54, 1.807) is 0 Å². The fourth-order valence-corrected chi connectivity index (χ4v) is 2.34. The Morgan fingerprint density at radius 2 is 1.23 bits per heavy atom. The number of aliphatic imine (C=N–C) groups is 1. The highest BCUT2D eigenvalue weighted by Crippen LogP contribution is 2.10. The van der Waals surface area contributed by atoms with Crippen LogP contribution in [0.25, 0.3) is 0 Å². The van der Waals surface area contributed by atoms with Gasteiger partial charge in [-0.3, -0.25) is 29.0 Å². The van der Waals surface area contributed by atoms with Crippen LogP contribution in [-0.2, 0) is 25.7 Å². The molecule has 0 radical (unpaired) electrons. The van der Waals surface area contributed by atoms with E-state index in [2.05, 4.69) is 22.4 Å². The number of para-hydroxylation sites is 1. The van der Waals surface area contributed by atoms with Gasteiger partial charge in [0, 0.05) is 18.8 Å². The minimum absolute atomic E-state index is 0.0703. The summed E-state index contributed by atoms with van der Waals surface area (Å²) in [6, 6.07) is 7.57. The summed E-state index contributed by atoms with van der Waals surface area (Å²) in [5.74, 6) is -4.91. The van der Waals surface area contributed by atoms with Crippen LogP contribution in [0.5, 0.6) is 0 Å². The molecule has 1 aromatic rings. The molecule has 0 fully saturated rings. The Hall–Kier alpha value is -3.38. The Kier molecular flexibility index (Phi) is 13.8. The molecule has 0 aromatic heterocycles. The van der Waals surface area contributed by atoms with Crippen LogP contribution < -0.4 is 5.73 Å². The molecule has 170 valence electrons. The molecule has 0 aliphatic rings. The number of benzene rings is 1. The molecule has 31 heavy (non-hydrogen) atoms. The summed E-state index contributed by atoms with van der Waals surface area (Å²) < 4.78 is 0. The van der Waals surface area contributed by atoms with Crippen molar-refractivity contribution in [3.63, 3.8) is 0 Å². The zero-order valence-electron chi connectivity index (χ0n) is 16.5. The molecule has 6 N–H and O–H groups in total. The number of hydrogen-bond donors (Lipinski definition) is 5. The SMILES string of the molecule is Nc1ccccc1CN=C=S.O=C(O)CN(CCN(CC(=O)O)CC(=O)O)CC(=O)O. The molecule has 0 saturated heterocycles. The third-order valence-electron chi connectivity index (χ3n) is 3.54. The van der Waals surface area contributed by atoms with Gasteiger partial charge in [-0.15, -0.1) is 0 Å². The van der Waals surface area contributed by atoms with Gasteiger partial charge in [0.15, 0.2) is 0 Å². The molecular formula is C18H24N4O8S. The van der Waals surface area contributed by atoms with Crippen molar-refractivity contribution >= 4 is 46.9 Å². The lowest BCUT2D eigenvalue weighted by Gasteiger charge is -2.23. The zero-order chi connectivity index (χ0) is 23.8. The van der Waals surface area contributed by atoms with Crippen LogP contribution in [0.1, 0.15) is 5.56 Å². The third kappa shape index (κ3) is 15.2. The molecule has 0 aliphatic carbocycles. The number of nitrogens with two attached hydrogens (primary N) is 1. The number of hydrogen-bond acceptors (Lipinski definition) is 9. The van der Waals surface area contributed by atoms with Gasteiger partial charge in [-0.2, -0.15) is 0 Å². The van der Waals surface area contributed by atoms with E-state index in [0.29, 0.717) is 6.54 Å². The van der Waals surface area contributed by atoms with Crippen LogP contribution in [0.15, 0.2) is 29.3 Å². The standard InChI is InChI=1S/C10H16N2O8.C8H8N2S/c13-7(14)3-11(4-8(15)16)1-2-12(5-9(17)18)6-10(19)20;9-8-4-2-1-3-7(8)5-10-6-11/h1-6H2,(H,13,14)(H,15,16)(H,17,18)(H,19,20);1-4H,5,9H2. The number of nitrogen functional groups attached to an aromatic ring is 1. The van der Waals surface area contributed by atoms with Gasteiger partial charge in [0.2, 0.25) is 0 Å². The number of carboxylic acids is 4. The van der Waals surface area contributed by atoms with Crippen molar-refractivity contribution in [1.29, 1.82) is 0 Å². The summed E-state index contributed by atoms with van der Waals surface area (Å²) in [5, 5.41) is 36.8. The highest BCUT2D eigenvalue weighted by atomic mass is 32.1. The van der Waals surface area contributed by atoms with Crippen molar-refractivity contribution in [1.82, 2.24) is 9.80 Å². The molecule has 0 saturated carbocycles. The van der Waals surface area contributed by atoms with Gasteiger partial charge in [0.1, 0.15) is 0 Å². The van der Waals surface area contributed by atoms with Crippen LogP contribution in [0.2, 0.25) is 0 Å². The van der Waals surface area contributed by atoms with E-state index in [0.717, 1.165) is 21.1 Å². The Balaban J connectivity index is 0.000000683. The van der Waals surface area contributed by atoms with E-state index < -0.39 is 50.1 Å². The Morgan fingerprint density at radius 1 is 0.839 bits per heavy atom. The van der Waals surface area contributed by atoms with Crippen LogP contribution in [0.3, 0.4) is 0 Å². The Bertz CT molecular complexity index is 746. The number of carboxylic acid groups (broad SMARTS) is 4. The van der Waals surface area contributed by atoms with Gasteiger partial charge in [-0.1, -0.05) is 18.2 Å². The van der Waals surface area contributed by atoms with E-state index in [4.69, 9.17) is 26.2 Å². The van der Waals surface area contributed by atoms with Gasteiger partial charge in [-0.05, 0) is 23.8 Å². The van der Waals surface area contributed by atoms with Crippen molar-refractivity contribution < 1.29 is 39.6 Å². The largest absolute Gasteiger partial charge is 0.480 e. The maximum Gasteiger partial charge on any atom is 0.317 e. The Labute approximate surface area is 183 Å². The molecule has 0 spiro atoms. The van der Waals surface area contributed by atoms with Gasteiger partial charge >= 0.3 is 23.9 Å². The first kappa shape index (κ1) is 27.6. The minimum atomic E-state index is -1.23. The predicted molar refractivity (Wildman–Crippen MR) is 113 cm³/mol. The molecule has 13 heteroatoms. The number of rotatable bonds is 13. The first-order valence-corrected chi connectivity index (χ1v) is 9.14. The number of aliphatic carboxylic acids is 4. The van der Waals surface area contributed by atoms with Crippen molar-refractivity contribution in [2.75, 3.05) is 45.0 Å². The molecule has 0 amide bonds. The van der Waals surface area contributed by atoms with E-state index >= 15 is 0 Å². The van der Waals surface area contributed by atoms with Gasteiger partial charge < -0.3 is 26.2 Å². The summed E-state index contributed by atoms with van der Waals surface area (Å²) in [5.41, 5.74) is 7.38. The first-order valence-electron chi connectivity index (χ1n) is 8.74. The molecule has 0 bridgehead atoms. The molecule has 0 atom stereocenters. The van der Waals surface area contributed by atoms with E-state index in [1.165, 1.54) is 0 Å². The maximum atomic E-state index is 10.6. The lowest BCUT2D eigenvalue weighted by atomic mass is 10.2. The van der Waals surface area contributed by atoms with Gasteiger partial charge in [0.05, 0.1) is 37.9 Å². The summed E-state index contributed by atoms with van der Waals surface area (Å²) in [6.07, 6.45) is 0.